The minimum Gasteiger partial charge on any atom is -0.526 e. The van der Waals surface area contributed by atoms with E-state index in [-0.39, 0.29) is 12.4 Å². The van der Waals surface area contributed by atoms with Gasteiger partial charge in [-0.25, -0.2) is 0 Å². The molecule has 0 spiro atoms. The Balaban J connectivity index is 0.00000288. The maximum absolute atomic E-state index is 5.50. The van der Waals surface area contributed by atoms with Gasteiger partial charge in [0.2, 0.25) is 0 Å². The Morgan fingerprint density at radius 3 is 1.29 bits per heavy atom. The zero-order valence-corrected chi connectivity index (χ0v) is 15.5. The number of halogens is 1. The predicted molar refractivity (Wildman–Crippen MR) is 102 cm³/mol. The van der Waals surface area contributed by atoms with Crippen LogP contribution in [0.4, 0.5) is 0 Å². The van der Waals surface area contributed by atoms with Gasteiger partial charge in [-0.3, -0.25) is 0 Å². The molecule has 0 amide bonds. The molecular weight excluding hydrogens is 322 g/mol. The normalized spacial score (nSPS) is 10.4. The van der Waals surface area contributed by atoms with Gasteiger partial charge in [0, 0.05) is 13.1 Å². The maximum atomic E-state index is 5.50. The van der Waals surface area contributed by atoms with Crippen LogP contribution in [0.1, 0.15) is 11.1 Å². The first-order valence-corrected chi connectivity index (χ1v) is 7.65. The molecule has 1 radical (unpaired) electrons. The van der Waals surface area contributed by atoms with Gasteiger partial charge in [0.05, 0.1) is 0 Å². The summed E-state index contributed by atoms with van der Waals surface area (Å²) in [5.74, 6) is 1.52. The van der Waals surface area contributed by atoms with Crippen molar-refractivity contribution in [2.24, 2.45) is 0 Å². The van der Waals surface area contributed by atoms with Crippen LogP contribution in [-0.2, 0) is 13.1 Å². The van der Waals surface area contributed by atoms with Crippen LogP contribution < -0.4 is 9.31 Å². The molecule has 2 aromatic carbocycles. The number of nitrogens with zero attached hydrogens (tertiary/aromatic N) is 2. The summed E-state index contributed by atoms with van der Waals surface area (Å²) in [6.45, 7) is 1.83. The van der Waals surface area contributed by atoms with Gasteiger partial charge in [-0.2, -0.15) is 0 Å². The summed E-state index contributed by atoms with van der Waals surface area (Å²) >= 11 is 0. The first-order chi connectivity index (χ1) is 11.0. The lowest BCUT2D eigenvalue weighted by molar-refractivity contribution is 0.401. The Morgan fingerprint density at radius 1 is 0.667 bits per heavy atom. The smallest absolute Gasteiger partial charge is 0.526 e. The van der Waals surface area contributed by atoms with Crippen molar-refractivity contribution in [1.29, 1.82) is 0 Å². The summed E-state index contributed by atoms with van der Waals surface area (Å²) in [6.07, 6.45) is 0. The fourth-order valence-electron chi connectivity index (χ4n) is 2.21. The van der Waals surface area contributed by atoms with Crippen molar-refractivity contribution in [3.63, 3.8) is 0 Å². The lowest BCUT2D eigenvalue weighted by Gasteiger charge is -2.11. The Morgan fingerprint density at radius 2 is 1.00 bits per heavy atom. The summed E-state index contributed by atoms with van der Waals surface area (Å²) < 4.78 is 11.0. The molecule has 0 saturated heterocycles. The largest absolute Gasteiger partial charge is 0.658 e. The zero-order chi connectivity index (χ0) is 16.7. The molecule has 0 saturated carbocycles. The first kappa shape index (κ1) is 20.4. The number of hydrogen-bond acceptors (Lipinski definition) is 4. The van der Waals surface area contributed by atoms with Crippen molar-refractivity contribution in [1.82, 2.24) is 9.80 Å². The molecule has 2 rings (SSSR count). The third-order valence-electron chi connectivity index (χ3n) is 3.21. The van der Waals surface area contributed by atoms with Gasteiger partial charge in [0.15, 0.2) is 0 Å². The molecule has 0 N–H and O–H groups in total. The van der Waals surface area contributed by atoms with Gasteiger partial charge in [-0.1, -0.05) is 24.3 Å². The molecule has 0 aromatic heterocycles. The first-order valence-electron chi connectivity index (χ1n) is 7.65. The summed E-state index contributed by atoms with van der Waals surface area (Å²) in [4.78, 5) is 4.26. The predicted octanol–water partition coefficient (Wildman–Crippen LogP) is 3.22. The summed E-state index contributed by atoms with van der Waals surface area (Å²) in [5.41, 5.74) is 2.50. The van der Waals surface area contributed by atoms with Gasteiger partial charge in [-0.15, -0.1) is 12.4 Å². The third kappa shape index (κ3) is 7.26. The molecule has 6 heteroatoms. The highest BCUT2D eigenvalue weighted by Crippen LogP contribution is 2.15. The van der Waals surface area contributed by atoms with Crippen LogP contribution in [0.3, 0.4) is 0 Å². The van der Waals surface area contributed by atoms with E-state index in [0.29, 0.717) is 0 Å². The summed E-state index contributed by atoms with van der Waals surface area (Å²) in [5, 5.41) is 0. The van der Waals surface area contributed by atoms with Gasteiger partial charge in [-0.05, 0) is 63.6 Å². The molecule has 0 heterocycles. The molecule has 129 valence electrons. The zero-order valence-electron chi connectivity index (χ0n) is 14.7. The fraction of sp³-hybridized carbons (Fsp3) is 0.333. The highest BCUT2D eigenvalue weighted by molar-refractivity contribution is 6.20. The second kappa shape index (κ2) is 10.2. The SMILES string of the molecule is CN(C)Cc1ccc(O[B]Oc2ccc(CN(C)C)cc2)cc1.Cl. The van der Waals surface area contributed by atoms with Crippen LogP contribution in [0.5, 0.6) is 11.5 Å². The quantitative estimate of drug-likeness (QED) is 0.685. The summed E-state index contributed by atoms with van der Waals surface area (Å²) in [7, 11) is 9.57. The highest BCUT2D eigenvalue weighted by atomic mass is 35.5. The van der Waals surface area contributed by atoms with Crippen LogP contribution in [0.25, 0.3) is 0 Å². The lowest BCUT2D eigenvalue weighted by Crippen LogP contribution is -2.12. The van der Waals surface area contributed by atoms with Crippen molar-refractivity contribution in [2.45, 2.75) is 13.1 Å². The molecule has 4 nitrogen and oxygen atoms in total. The Hall–Kier alpha value is -1.69. The molecule has 0 aliphatic rings. The molecule has 24 heavy (non-hydrogen) atoms. The molecule has 0 unspecified atom stereocenters. The average Bonchev–Trinajstić information content (AvgIpc) is 2.50. The molecule has 0 atom stereocenters. The van der Waals surface area contributed by atoms with Gasteiger partial charge < -0.3 is 19.1 Å². The summed E-state index contributed by atoms with van der Waals surface area (Å²) in [6, 6.07) is 16.0. The maximum Gasteiger partial charge on any atom is 0.658 e. The molecular formula is C18H25BClN2O2. The minimum atomic E-state index is 0. The van der Waals surface area contributed by atoms with Crippen molar-refractivity contribution in [2.75, 3.05) is 28.2 Å². The topological polar surface area (TPSA) is 24.9 Å². The van der Waals surface area contributed by atoms with E-state index >= 15 is 0 Å². The standard InChI is InChI=1S/C18H24BN2O2.ClH/c1-20(2)13-15-5-9-17(10-6-15)22-19-23-18-11-7-16(8-12-18)14-21(3)4;/h5-12H,13-14H2,1-4H3;1H. The Labute approximate surface area is 152 Å². The number of rotatable bonds is 8. The van der Waals surface area contributed by atoms with E-state index in [1.54, 1.807) is 0 Å². The van der Waals surface area contributed by atoms with E-state index in [9.17, 15) is 0 Å². The van der Waals surface area contributed by atoms with E-state index < -0.39 is 0 Å². The van der Waals surface area contributed by atoms with Crippen molar-refractivity contribution >= 4 is 20.1 Å². The average molecular weight is 348 g/mol. The molecule has 0 fully saturated rings. The van der Waals surface area contributed by atoms with Crippen LogP contribution in [0.2, 0.25) is 0 Å². The van der Waals surface area contributed by atoms with E-state index in [4.69, 9.17) is 9.31 Å². The van der Waals surface area contributed by atoms with Gasteiger partial charge in [0.25, 0.3) is 0 Å². The Bertz CT molecular complexity index is 535. The Kier molecular flexibility index (Phi) is 8.68. The van der Waals surface area contributed by atoms with Gasteiger partial charge in [0.1, 0.15) is 11.5 Å². The van der Waals surface area contributed by atoms with Crippen molar-refractivity contribution < 1.29 is 9.31 Å². The molecule has 0 aliphatic carbocycles. The van der Waals surface area contributed by atoms with Crippen LogP contribution in [-0.4, -0.2) is 45.7 Å². The van der Waals surface area contributed by atoms with Crippen LogP contribution in [0.15, 0.2) is 48.5 Å². The number of hydrogen-bond donors (Lipinski definition) is 0. The second-order valence-corrected chi connectivity index (χ2v) is 6.10. The highest BCUT2D eigenvalue weighted by Gasteiger charge is 2.03. The van der Waals surface area contributed by atoms with E-state index in [1.807, 2.05) is 24.3 Å². The molecule has 0 aliphatic heterocycles. The third-order valence-corrected chi connectivity index (χ3v) is 3.21. The van der Waals surface area contributed by atoms with Gasteiger partial charge >= 0.3 is 7.69 Å². The van der Waals surface area contributed by atoms with E-state index in [2.05, 4.69) is 62.3 Å². The van der Waals surface area contributed by atoms with E-state index in [0.717, 1.165) is 24.6 Å². The molecule has 2 aromatic rings. The number of benzene rings is 2. The second-order valence-electron chi connectivity index (χ2n) is 6.10. The van der Waals surface area contributed by atoms with Crippen molar-refractivity contribution in [3.8, 4) is 11.5 Å². The monoisotopic (exact) mass is 347 g/mol. The van der Waals surface area contributed by atoms with Crippen LogP contribution in [0, 0.1) is 0 Å². The van der Waals surface area contributed by atoms with E-state index in [1.165, 1.54) is 18.8 Å². The minimum absolute atomic E-state index is 0. The van der Waals surface area contributed by atoms with Crippen LogP contribution >= 0.6 is 12.4 Å². The van der Waals surface area contributed by atoms with Crippen molar-refractivity contribution in [3.05, 3.63) is 59.7 Å². The molecule has 0 bridgehead atoms. The fourth-order valence-corrected chi connectivity index (χ4v) is 2.21. The lowest BCUT2D eigenvalue weighted by atomic mass is 10.2.